The Balaban J connectivity index is 2.22. The number of hydrogen-bond acceptors (Lipinski definition) is 4. The maximum Gasteiger partial charge on any atom is 0.295 e. The molecule has 2 aromatic rings. The number of halogens is 2. The van der Waals surface area contributed by atoms with E-state index < -0.39 is 10.7 Å². The SMILES string of the molecule is O=[N+]([O-])c1cc(F)c(Cl)cc1NCc1cccc(CO)c1. The molecule has 2 aromatic carbocycles. The fourth-order valence-corrected chi connectivity index (χ4v) is 2.03. The molecular weight excluding hydrogens is 299 g/mol. The third kappa shape index (κ3) is 3.68. The van der Waals surface area contributed by atoms with Crippen LogP contribution in [-0.4, -0.2) is 10.0 Å². The molecule has 0 heterocycles. The van der Waals surface area contributed by atoms with Gasteiger partial charge in [0.15, 0.2) is 0 Å². The van der Waals surface area contributed by atoms with Crippen molar-refractivity contribution in [2.24, 2.45) is 0 Å². The fraction of sp³-hybridized carbons (Fsp3) is 0.143. The molecule has 0 aliphatic rings. The van der Waals surface area contributed by atoms with Crippen LogP contribution in [0.1, 0.15) is 11.1 Å². The molecule has 0 unspecified atom stereocenters. The van der Waals surface area contributed by atoms with Crippen molar-refractivity contribution in [2.45, 2.75) is 13.2 Å². The van der Waals surface area contributed by atoms with E-state index in [4.69, 9.17) is 16.7 Å². The molecule has 2 rings (SSSR count). The van der Waals surface area contributed by atoms with Gasteiger partial charge in [0, 0.05) is 6.54 Å². The summed E-state index contributed by atoms with van der Waals surface area (Å²) in [6.45, 7) is 0.201. The molecule has 110 valence electrons. The molecule has 21 heavy (non-hydrogen) atoms. The first-order chi connectivity index (χ1) is 10.0. The highest BCUT2D eigenvalue weighted by Gasteiger charge is 2.17. The van der Waals surface area contributed by atoms with Crippen LogP contribution >= 0.6 is 11.6 Å². The molecule has 0 spiro atoms. The number of nitro benzene ring substituents is 1. The Labute approximate surface area is 125 Å². The normalized spacial score (nSPS) is 10.4. The lowest BCUT2D eigenvalue weighted by molar-refractivity contribution is -0.384. The van der Waals surface area contributed by atoms with Crippen molar-refractivity contribution in [1.82, 2.24) is 0 Å². The van der Waals surface area contributed by atoms with Crippen LogP contribution in [0.4, 0.5) is 15.8 Å². The molecule has 0 bridgehead atoms. The number of nitrogens with zero attached hydrogens (tertiary/aromatic N) is 1. The lowest BCUT2D eigenvalue weighted by Gasteiger charge is -2.09. The molecule has 7 heteroatoms. The highest BCUT2D eigenvalue weighted by molar-refractivity contribution is 6.31. The van der Waals surface area contributed by atoms with Crippen molar-refractivity contribution in [2.75, 3.05) is 5.32 Å². The molecule has 0 atom stereocenters. The van der Waals surface area contributed by atoms with Crippen LogP contribution < -0.4 is 5.32 Å². The zero-order valence-electron chi connectivity index (χ0n) is 10.8. The monoisotopic (exact) mass is 310 g/mol. The van der Waals surface area contributed by atoms with E-state index in [0.29, 0.717) is 0 Å². The Kier molecular flexibility index (Phi) is 4.72. The number of aliphatic hydroxyl groups excluding tert-OH is 1. The molecule has 0 saturated heterocycles. The summed E-state index contributed by atoms with van der Waals surface area (Å²) in [5.74, 6) is -0.837. The van der Waals surface area contributed by atoms with Crippen molar-refractivity contribution in [1.29, 1.82) is 0 Å². The minimum absolute atomic E-state index is 0.0869. The minimum Gasteiger partial charge on any atom is -0.392 e. The van der Waals surface area contributed by atoms with Crippen LogP contribution in [0.2, 0.25) is 5.02 Å². The van der Waals surface area contributed by atoms with E-state index in [2.05, 4.69) is 5.32 Å². The van der Waals surface area contributed by atoms with Gasteiger partial charge in [-0.15, -0.1) is 0 Å². The first-order valence-electron chi connectivity index (χ1n) is 6.07. The molecule has 0 radical (unpaired) electrons. The van der Waals surface area contributed by atoms with E-state index in [0.717, 1.165) is 17.2 Å². The van der Waals surface area contributed by atoms with Gasteiger partial charge in [0.25, 0.3) is 5.69 Å². The van der Waals surface area contributed by atoms with Crippen molar-refractivity contribution in [3.63, 3.8) is 0 Å². The van der Waals surface area contributed by atoms with Crippen LogP contribution in [0, 0.1) is 15.9 Å². The van der Waals surface area contributed by atoms with Gasteiger partial charge in [-0.3, -0.25) is 10.1 Å². The van der Waals surface area contributed by atoms with Gasteiger partial charge >= 0.3 is 0 Å². The molecule has 0 aromatic heterocycles. The highest BCUT2D eigenvalue weighted by atomic mass is 35.5. The number of anilines is 1. The Morgan fingerprint density at radius 2 is 2.00 bits per heavy atom. The first kappa shape index (κ1) is 15.2. The Bertz CT molecular complexity index is 679. The minimum atomic E-state index is -0.837. The number of hydrogen-bond donors (Lipinski definition) is 2. The van der Waals surface area contributed by atoms with Crippen molar-refractivity contribution in [3.05, 3.63) is 68.5 Å². The van der Waals surface area contributed by atoms with E-state index in [9.17, 15) is 14.5 Å². The van der Waals surface area contributed by atoms with Gasteiger partial charge in [0.2, 0.25) is 0 Å². The highest BCUT2D eigenvalue weighted by Crippen LogP contribution is 2.30. The van der Waals surface area contributed by atoms with Crippen molar-refractivity contribution < 1.29 is 14.4 Å². The Morgan fingerprint density at radius 1 is 1.29 bits per heavy atom. The molecule has 2 N–H and O–H groups in total. The summed E-state index contributed by atoms with van der Waals surface area (Å²) in [6.07, 6.45) is 0. The number of benzene rings is 2. The standard InChI is InChI=1S/C14H12ClFN2O3/c15-11-5-13(14(18(20)21)6-12(11)16)17-7-9-2-1-3-10(4-9)8-19/h1-6,17,19H,7-8H2. The van der Waals surface area contributed by atoms with E-state index in [1.54, 1.807) is 18.2 Å². The zero-order valence-corrected chi connectivity index (χ0v) is 11.6. The second-order valence-corrected chi connectivity index (χ2v) is 4.78. The summed E-state index contributed by atoms with van der Waals surface area (Å²) in [4.78, 5) is 10.2. The van der Waals surface area contributed by atoms with Gasteiger partial charge in [0.05, 0.1) is 22.6 Å². The number of nitro groups is 1. The average molecular weight is 311 g/mol. The third-order valence-electron chi connectivity index (χ3n) is 2.89. The maximum atomic E-state index is 13.3. The molecule has 0 fully saturated rings. The first-order valence-corrected chi connectivity index (χ1v) is 6.45. The van der Waals surface area contributed by atoms with Crippen LogP contribution in [0.25, 0.3) is 0 Å². The van der Waals surface area contributed by atoms with Gasteiger partial charge in [-0.2, -0.15) is 0 Å². The van der Waals surface area contributed by atoms with Gasteiger partial charge in [-0.05, 0) is 17.2 Å². The van der Waals surface area contributed by atoms with E-state index in [1.165, 1.54) is 6.07 Å². The summed E-state index contributed by atoms with van der Waals surface area (Å²) in [5, 5.41) is 22.7. The maximum absolute atomic E-state index is 13.3. The van der Waals surface area contributed by atoms with Crippen molar-refractivity contribution in [3.8, 4) is 0 Å². The van der Waals surface area contributed by atoms with Crippen LogP contribution in [0.15, 0.2) is 36.4 Å². The van der Waals surface area contributed by atoms with Gasteiger partial charge in [-0.25, -0.2) is 4.39 Å². The van der Waals surface area contributed by atoms with Crippen LogP contribution in [0.3, 0.4) is 0 Å². The largest absolute Gasteiger partial charge is 0.392 e. The number of rotatable bonds is 5. The number of aliphatic hydroxyl groups is 1. The summed E-state index contributed by atoms with van der Waals surface area (Å²) < 4.78 is 13.3. The summed E-state index contributed by atoms with van der Waals surface area (Å²) >= 11 is 5.65. The van der Waals surface area contributed by atoms with E-state index in [-0.39, 0.29) is 29.5 Å². The average Bonchev–Trinajstić information content (AvgIpc) is 2.48. The van der Waals surface area contributed by atoms with Gasteiger partial charge in [0.1, 0.15) is 11.5 Å². The Morgan fingerprint density at radius 3 is 2.67 bits per heavy atom. The van der Waals surface area contributed by atoms with Gasteiger partial charge < -0.3 is 10.4 Å². The lowest BCUT2D eigenvalue weighted by Crippen LogP contribution is -2.04. The molecule has 5 nitrogen and oxygen atoms in total. The Hall–Kier alpha value is -2.18. The third-order valence-corrected chi connectivity index (χ3v) is 3.18. The van der Waals surface area contributed by atoms with E-state index >= 15 is 0 Å². The summed E-state index contributed by atoms with van der Waals surface area (Å²) in [6, 6.07) is 9.09. The second kappa shape index (κ2) is 6.51. The van der Waals surface area contributed by atoms with E-state index in [1.807, 2.05) is 6.07 Å². The topological polar surface area (TPSA) is 75.4 Å². The predicted octanol–water partition coefficient (Wildman–Crippen LogP) is 3.49. The quantitative estimate of drug-likeness (QED) is 0.655. The van der Waals surface area contributed by atoms with Crippen LogP contribution in [0.5, 0.6) is 0 Å². The lowest BCUT2D eigenvalue weighted by atomic mass is 10.1. The molecule has 0 aliphatic carbocycles. The smallest absolute Gasteiger partial charge is 0.295 e. The molecule has 0 saturated carbocycles. The van der Waals surface area contributed by atoms with Gasteiger partial charge in [-0.1, -0.05) is 35.9 Å². The van der Waals surface area contributed by atoms with Crippen LogP contribution in [-0.2, 0) is 13.2 Å². The summed E-state index contributed by atoms with van der Waals surface area (Å²) in [5.41, 5.74) is 1.33. The van der Waals surface area contributed by atoms with Crippen molar-refractivity contribution >= 4 is 23.0 Å². The predicted molar refractivity (Wildman–Crippen MR) is 77.8 cm³/mol. The second-order valence-electron chi connectivity index (χ2n) is 4.37. The molecular formula is C14H12ClFN2O3. The fourth-order valence-electron chi connectivity index (χ4n) is 1.86. The number of nitrogens with one attached hydrogen (secondary N) is 1. The summed E-state index contributed by atoms with van der Waals surface area (Å²) in [7, 11) is 0. The molecule has 0 amide bonds. The zero-order chi connectivity index (χ0) is 15.4. The molecule has 0 aliphatic heterocycles.